The van der Waals surface area contributed by atoms with Gasteiger partial charge in [-0.05, 0) is 44.5 Å². The highest BCUT2D eigenvalue weighted by Gasteiger charge is 2.31. The third-order valence-corrected chi connectivity index (χ3v) is 5.29. The number of piperidine rings is 1. The van der Waals surface area contributed by atoms with Gasteiger partial charge in [-0.1, -0.05) is 6.07 Å². The first-order valence-corrected chi connectivity index (χ1v) is 9.34. The number of benzene rings is 1. The largest absolute Gasteiger partial charge is 0.340 e. The molecule has 142 valence electrons. The minimum absolute atomic E-state index is 0.0870. The molecule has 2 fully saturated rings. The van der Waals surface area contributed by atoms with E-state index in [1.807, 2.05) is 11.8 Å². The summed E-state index contributed by atoms with van der Waals surface area (Å²) in [5.74, 6) is -0.218. The number of piperazine rings is 1. The molecule has 2 aliphatic rings. The summed E-state index contributed by atoms with van der Waals surface area (Å²) in [6, 6.07) is 5.56. The van der Waals surface area contributed by atoms with Crippen molar-refractivity contribution in [1.29, 1.82) is 0 Å². The maximum atomic E-state index is 13.2. The van der Waals surface area contributed by atoms with Crippen molar-refractivity contribution in [1.82, 2.24) is 15.1 Å². The van der Waals surface area contributed by atoms with Gasteiger partial charge in [-0.15, -0.1) is 0 Å². The number of carbonyl (C=O) groups is 2. The van der Waals surface area contributed by atoms with Crippen LogP contribution < -0.4 is 10.6 Å². The number of anilines is 1. The van der Waals surface area contributed by atoms with Crippen LogP contribution in [-0.2, 0) is 9.59 Å². The maximum absolute atomic E-state index is 13.2. The van der Waals surface area contributed by atoms with E-state index in [0.29, 0.717) is 31.9 Å². The van der Waals surface area contributed by atoms with Gasteiger partial charge in [0.25, 0.3) is 0 Å². The van der Waals surface area contributed by atoms with E-state index in [-0.39, 0.29) is 29.6 Å². The van der Waals surface area contributed by atoms with Crippen molar-refractivity contribution >= 4 is 17.5 Å². The molecule has 2 N–H and O–H groups in total. The number of nitrogens with one attached hydrogen (secondary N) is 2. The summed E-state index contributed by atoms with van der Waals surface area (Å²) in [5, 5.41) is 6.04. The summed E-state index contributed by atoms with van der Waals surface area (Å²) in [6.07, 6.45) is 2.01. The molecule has 26 heavy (non-hydrogen) atoms. The molecule has 2 saturated heterocycles. The number of nitrogens with zero attached hydrogens (tertiary/aromatic N) is 2. The smallest absolute Gasteiger partial charge is 0.241 e. The molecule has 2 amide bonds. The van der Waals surface area contributed by atoms with E-state index < -0.39 is 0 Å². The number of rotatable bonds is 4. The van der Waals surface area contributed by atoms with Crippen molar-refractivity contribution in [2.45, 2.75) is 25.8 Å². The van der Waals surface area contributed by atoms with Crippen LogP contribution in [0.2, 0.25) is 0 Å². The molecule has 0 aliphatic carbocycles. The highest BCUT2D eigenvalue weighted by molar-refractivity contribution is 5.94. The lowest BCUT2D eigenvalue weighted by Crippen LogP contribution is -2.55. The molecule has 3 rings (SSSR count). The molecule has 2 heterocycles. The van der Waals surface area contributed by atoms with E-state index in [4.69, 9.17) is 0 Å². The average Bonchev–Trinajstić information content (AvgIpc) is 2.67. The van der Waals surface area contributed by atoms with Gasteiger partial charge in [0.05, 0.1) is 12.0 Å². The Morgan fingerprint density at radius 1 is 1.27 bits per heavy atom. The highest BCUT2D eigenvalue weighted by atomic mass is 19.1. The molecule has 1 aromatic carbocycles. The molecular weight excluding hydrogens is 335 g/mol. The lowest BCUT2D eigenvalue weighted by molar-refractivity contribution is -0.138. The zero-order valence-corrected chi connectivity index (χ0v) is 15.2. The predicted octanol–water partition coefficient (Wildman–Crippen LogP) is 1.30. The summed E-state index contributed by atoms with van der Waals surface area (Å²) in [6.45, 7) is 6.24. The van der Waals surface area contributed by atoms with E-state index in [9.17, 15) is 14.0 Å². The molecule has 2 aliphatic heterocycles. The Morgan fingerprint density at radius 3 is 2.69 bits per heavy atom. The number of hydrogen-bond donors (Lipinski definition) is 2. The zero-order chi connectivity index (χ0) is 18.5. The first-order chi connectivity index (χ1) is 12.5. The quantitative estimate of drug-likeness (QED) is 0.847. The van der Waals surface area contributed by atoms with Gasteiger partial charge >= 0.3 is 0 Å². The van der Waals surface area contributed by atoms with Crippen LogP contribution in [0.25, 0.3) is 0 Å². The van der Waals surface area contributed by atoms with Gasteiger partial charge in [0.1, 0.15) is 5.82 Å². The lowest BCUT2D eigenvalue weighted by Gasteiger charge is -2.39. The number of halogens is 1. The van der Waals surface area contributed by atoms with E-state index in [1.54, 1.807) is 12.1 Å². The van der Waals surface area contributed by atoms with Crippen LogP contribution in [-0.4, -0.2) is 66.9 Å². The van der Waals surface area contributed by atoms with E-state index in [1.165, 1.54) is 12.1 Å². The molecule has 0 spiro atoms. The predicted molar refractivity (Wildman–Crippen MR) is 98.2 cm³/mol. The molecule has 0 bridgehead atoms. The third-order valence-electron chi connectivity index (χ3n) is 5.29. The Morgan fingerprint density at radius 2 is 2.04 bits per heavy atom. The summed E-state index contributed by atoms with van der Waals surface area (Å²) in [7, 11) is 0. The van der Waals surface area contributed by atoms with Gasteiger partial charge in [-0.3, -0.25) is 14.5 Å². The van der Waals surface area contributed by atoms with Crippen molar-refractivity contribution in [3.63, 3.8) is 0 Å². The fourth-order valence-corrected chi connectivity index (χ4v) is 3.63. The topological polar surface area (TPSA) is 64.7 Å². The Labute approximate surface area is 153 Å². The van der Waals surface area contributed by atoms with Gasteiger partial charge in [0.2, 0.25) is 11.8 Å². The van der Waals surface area contributed by atoms with Gasteiger partial charge in [0, 0.05) is 38.4 Å². The minimum atomic E-state index is -0.375. The van der Waals surface area contributed by atoms with Gasteiger partial charge in [-0.25, -0.2) is 4.39 Å². The third kappa shape index (κ3) is 4.59. The van der Waals surface area contributed by atoms with Crippen molar-refractivity contribution in [2.24, 2.45) is 5.92 Å². The molecular formula is C19H27FN4O2. The Bertz CT molecular complexity index is 640. The molecule has 2 atom stereocenters. The first kappa shape index (κ1) is 18.8. The Balaban J connectivity index is 1.49. The van der Waals surface area contributed by atoms with Crippen molar-refractivity contribution < 1.29 is 14.0 Å². The second kappa shape index (κ2) is 8.60. The van der Waals surface area contributed by atoms with Gasteiger partial charge < -0.3 is 15.5 Å². The molecule has 0 saturated carbocycles. The number of amides is 2. The van der Waals surface area contributed by atoms with E-state index >= 15 is 0 Å². The van der Waals surface area contributed by atoms with Crippen molar-refractivity contribution in [3.05, 3.63) is 30.1 Å². The SMILES string of the molecule is CC(C(=O)Nc1cccc(F)c1)N1CCN(C(=O)C2CCCNC2)CC1. The second-order valence-corrected chi connectivity index (χ2v) is 7.08. The molecule has 6 nitrogen and oxygen atoms in total. The summed E-state index contributed by atoms with van der Waals surface area (Å²) in [4.78, 5) is 29.0. The van der Waals surface area contributed by atoms with Gasteiger partial charge in [0.15, 0.2) is 0 Å². The Kier molecular flexibility index (Phi) is 6.21. The molecule has 0 radical (unpaired) electrons. The minimum Gasteiger partial charge on any atom is -0.340 e. The molecule has 2 unspecified atom stereocenters. The molecule has 7 heteroatoms. The van der Waals surface area contributed by atoms with Crippen LogP contribution in [0.1, 0.15) is 19.8 Å². The van der Waals surface area contributed by atoms with Crippen LogP contribution in [0.4, 0.5) is 10.1 Å². The molecule has 1 aromatic rings. The standard InChI is InChI=1S/C19H27FN4O2/c1-14(18(25)22-17-6-2-5-16(20)12-17)23-8-10-24(11-9-23)19(26)15-4-3-7-21-13-15/h2,5-6,12,14-15,21H,3-4,7-11,13H2,1H3,(H,22,25). The van der Waals surface area contributed by atoms with Crippen LogP contribution in [0.15, 0.2) is 24.3 Å². The van der Waals surface area contributed by atoms with Crippen LogP contribution in [0, 0.1) is 11.7 Å². The van der Waals surface area contributed by atoms with Crippen molar-refractivity contribution in [3.8, 4) is 0 Å². The van der Waals surface area contributed by atoms with Crippen molar-refractivity contribution in [2.75, 3.05) is 44.6 Å². The fraction of sp³-hybridized carbons (Fsp3) is 0.579. The van der Waals surface area contributed by atoms with Gasteiger partial charge in [-0.2, -0.15) is 0 Å². The van der Waals surface area contributed by atoms with Crippen LogP contribution in [0.3, 0.4) is 0 Å². The first-order valence-electron chi connectivity index (χ1n) is 9.34. The Hall–Kier alpha value is -1.99. The second-order valence-electron chi connectivity index (χ2n) is 7.08. The average molecular weight is 362 g/mol. The lowest BCUT2D eigenvalue weighted by atomic mass is 9.98. The maximum Gasteiger partial charge on any atom is 0.241 e. The monoisotopic (exact) mass is 362 g/mol. The highest BCUT2D eigenvalue weighted by Crippen LogP contribution is 2.17. The number of carbonyl (C=O) groups excluding carboxylic acids is 2. The number of hydrogen-bond acceptors (Lipinski definition) is 4. The zero-order valence-electron chi connectivity index (χ0n) is 15.2. The summed E-state index contributed by atoms with van der Waals surface area (Å²) < 4.78 is 13.2. The summed E-state index contributed by atoms with van der Waals surface area (Å²) in [5.41, 5.74) is 0.459. The van der Waals surface area contributed by atoms with Crippen LogP contribution in [0.5, 0.6) is 0 Å². The van der Waals surface area contributed by atoms with E-state index in [0.717, 1.165) is 25.9 Å². The normalized spacial score (nSPS) is 22.7. The molecule has 0 aromatic heterocycles. The summed E-state index contributed by atoms with van der Waals surface area (Å²) >= 11 is 0. The van der Waals surface area contributed by atoms with E-state index in [2.05, 4.69) is 15.5 Å². The van der Waals surface area contributed by atoms with Crippen LogP contribution >= 0.6 is 0 Å². The fourth-order valence-electron chi connectivity index (χ4n) is 3.63.